The summed E-state index contributed by atoms with van der Waals surface area (Å²) in [6, 6.07) is 0. The monoisotopic (exact) mass is 227 g/mol. The van der Waals surface area contributed by atoms with Gasteiger partial charge in [-0.05, 0) is 27.7 Å². The van der Waals surface area contributed by atoms with Crippen LogP contribution in [0, 0.1) is 0 Å². The molecular formula is C9H17N5O2. The van der Waals surface area contributed by atoms with Crippen LogP contribution in [0.3, 0.4) is 0 Å². The van der Waals surface area contributed by atoms with Crippen molar-refractivity contribution in [2.45, 2.75) is 38.8 Å². The Hall–Kier alpha value is -1.63. The van der Waals surface area contributed by atoms with Crippen molar-refractivity contribution in [2.24, 2.45) is 0 Å². The summed E-state index contributed by atoms with van der Waals surface area (Å²) in [5, 5.41) is 18.5. The highest BCUT2D eigenvalue weighted by molar-refractivity contribution is 5.91. The minimum atomic E-state index is -1.06. The van der Waals surface area contributed by atoms with E-state index in [9.17, 15) is 9.90 Å². The van der Waals surface area contributed by atoms with E-state index >= 15 is 0 Å². The fraction of sp³-hybridized carbons (Fsp3) is 0.667. The van der Waals surface area contributed by atoms with Crippen LogP contribution in [-0.4, -0.2) is 37.3 Å². The molecule has 1 amide bonds. The largest absolute Gasteiger partial charge is 0.388 e. The second-order valence-corrected chi connectivity index (χ2v) is 4.68. The number of hydrogen-bond donors (Lipinski definition) is 4. The van der Waals surface area contributed by atoms with Crippen LogP contribution in [0.4, 0.5) is 5.95 Å². The smallest absolute Gasteiger partial charge is 0.289 e. The highest BCUT2D eigenvalue weighted by Crippen LogP contribution is 2.20. The summed E-state index contributed by atoms with van der Waals surface area (Å²) in [7, 11) is 0. The number of nitrogens with one attached hydrogen (secondary N) is 2. The zero-order valence-corrected chi connectivity index (χ0v) is 9.83. The molecule has 0 atom stereocenters. The predicted molar refractivity (Wildman–Crippen MR) is 58.6 cm³/mol. The lowest BCUT2D eigenvalue weighted by Gasteiger charge is -2.37. The molecule has 0 fully saturated rings. The van der Waals surface area contributed by atoms with Crippen molar-refractivity contribution >= 4 is 11.9 Å². The molecule has 0 unspecified atom stereocenters. The van der Waals surface area contributed by atoms with Gasteiger partial charge in [0.15, 0.2) is 0 Å². The molecule has 0 saturated heterocycles. The zero-order chi connectivity index (χ0) is 12.6. The Kier molecular flexibility index (Phi) is 2.91. The Bertz CT molecular complexity index is 391. The van der Waals surface area contributed by atoms with E-state index in [1.807, 2.05) is 0 Å². The first-order valence-electron chi connectivity index (χ1n) is 4.86. The van der Waals surface area contributed by atoms with Crippen LogP contribution in [0.5, 0.6) is 0 Å². The lowest BCUT2D eigenvalue weighted by Crippen LogP contribution is -2.57. The maximum Gasteiger partial charge on any atom is 0.289 e. The molecule has 0 saturated carbocycles. The van der Waals surface area contributed by atoms with Gasteiger partial charge in [0, 0.05) is 0 Å². The number of nitrogens with zero attached hydrogens (tertiary/aromatic N) is 2. The average molecular weight is 227 g/mol. The van der Waals surface area contributed by atoms with Gasteiger partial charge in [0.25, 0.3) is 5.91 Å². The van der Waals surface area contributed by atoms with Crippen LogP contribution in [0.2, 0.25) is 0 Å². The first-order valence-corrected chi connectivity index (χ1v) is 4.86. The molecule has 16 heavy (non-hydrogen) atoms. The van der Waals surface area contributed by atoms with Crippen molar-refractivity contribution in [1.82, 2.24) is 20.5 Å². The first kappa shape index (κ1) is 12.4. The van der Waals surface area contributed by atoms with E-state index in [-0.39, 0.29) is 11.8 Å². The third kappa shape index (κ3) is 2.48. The number of aromatic amines is 1. The SMILES string of the molecule is CC(C)(O)C(C)(C)NC(=O)c1nc(N)n[nH]1. The van der Waals surface area contributed by atoms with Crippen LogP contribution >= 0.6 is 0 Å². The summed E-state index contributed by atoms with van der Waals surface area (Å²) < 4.78 is 0. The molecule has 0 spiro atoms. The molecule has 5 N–H and O–H groups in total. The number of nitrogen functional groups attached to an aromatic ring is 1. The summed E-state index contributed by atoms with van der Waals surface area (Å²) in [6.07, 6.45) is 0. The Morgan fingerprint density at radius 2 is 2.00 bits per heavy atom. The van der Waals surface area contributed by atoms with Crippen molar-refractivity contribution in [3.05, 3.63) is 5.82 Å². The second kappa shape index (κ2) is 3.75. The zero-order valence-electron chi connectivity index (χ0n) is 9.83. The summed E-state index contributed by atoms with van der Waals surface area (Å²) >= 11 is 0. The molecule has 7 heteroatoms. The van der Waals surface area contributed by atoms with Gasteiger partial charge < -0.3 is 16.2 Å². The number of rotatable bonds is 3. The van der Waals surface area contributed by atoms with E-state index in [1.54, 1.807) is 27.7 Å². The second-order valence-electron chi connectivity index (χ2n) is 4.68. The van der Waals surface area contributed by atoms with Crippen LogP contribution < -0.4 is 11.1 Å². The van der Waals surface area contributed by atoms with E-state index in [0.717, 1.165) is 0 Å². The lowest BCUT2D eigenvalue weighted by atomic mass is 9.86. The normalized spacial score (nSPS) is 12.6. The molecule has 90 valence electrons. The van der Waals surface area contributed by atoms with Crippen molar-refractivity contribution < 1.29 is 9.90 Å². The third-order valence-corrected chi connectivity index (χ3v) is 2.67. The fourth-order valence-corrected chi connectivity index (χ4v) is 0.872. The van der Waals surface area contributed by atoms with Gasteiger partial charge in [0.1, 0.15) is 0 Å². The molecule has 1 heterocycles. The van der Waals surface area contributed by atoms with Gasteiger partial charge in [-0.1, -0.05) is 0 Å². The minimum absolute atomic E-state index is 0.00575. The third-order valence-electron chi connectivity index (χ3n) is 2.67. The number of H-pyrrole nitrogens is 1. The maximum absolute atomic E-state index is 11.7. The van der Waals surface area contributed by atoms with Gasteiger partial charge in [0.05, 0.1) is 11.1 Å². The summed E-state index contributed by atoms with van der Waals surface area (Å²) in [6.45, 7) is 6.65. The number of amides is 1. The number of aromatic nitrogens is 3. The molecule has 0 aromatic carbocycles. The van der Waals surface area contributed by atoms with Crippen LogP contribution in [0.1, 0.15) is 38.3 Å². The van der Waals surface area contributed by atoms with Gasteiger partial charge in [-0.25, -0.2) is 0 Å². The van der Waals surface area contributed by atoms with Crippen molar-refractivity contribution in [3.8, 4) is 0 Å². The molecule has 1 rings (SSSR count). The first-order chi connectivity index (χ1) is 7.13. The number of hydrogen-bond acceptors (Lipinski definition) is 5. The number of carbonyl (C=O) groups excluding carboxylic acids is 1. The standard InChI is InChI=1S/C9H17N5O2/c1-8(2,9(3,4)16)12-6(15)5-11-7(10)14-13-5/h16H,1-4H3,(H,12,15)(H3,10,11,13,14). The Morgan fingerprint density at radius 3 is 2.38 bits per heavy atom. The fourth-order valence-electron chi connectivity index (χ4n) is 0.872. The molecular weight excluding hydrogens is 210 g/mol. The van der Waals surface area contributed by atoms with Crippen LogP contribution in [0.25, 0.3) is 0 Å². The van der Waals surface area contributed by atoms with Crippen LogP contribution in [-0.2, 0) is 0 Å². The Labute approximate surface area is 93.4 Å². The average Bonchev–Trinajstić information content (AvgIpc) is 2.48. The van der Waals surface area contributed by atoms with Crippen molar-refractivity contribution in [1.29, 1.82) is 0 Å². The van der Waals surface area contributed by atoms with Gasteiger partial charge in [-0.2, -0.15) is 4.98 Å². The van der Waals surface area contributed by atoms with Crippen molar-refractivity contribution in [2.75, 3.05) is 5.73 Å². The van der Waals surface area contributed by atoms with E-state index in [1.165, 1.54) is 0 Å². The van der Waals surface area contributed by atoms with E-state index in [0.29, 0.717) is 0 Å². The molecule has 0 aliphatic rings. The number of anilines is 1. The molecule has 0 aliphatic heterocycles. The molecule has 1 aromatic heterocycles. The van der Waals surface area contributed by atoms with Gasteiger partial charge in [0.2, 0.25) is 11.8 Å². The summed E-state index contributed by atoms with van der Waals surface area (Å²) in [5.41, 5.74) is 3.42. The van der Waals surface area contributed by atoms with Gasteiger partial charge >= 0.3 is 0 Å². The van der Waals surface area contributed by atoms with E-state index in [2.05, 4.69) is 20.5 Å². The lowest BCUT2D eigenvalue weighted by molar-refractivity contribution is -0.00311. The molecule has 0 radical (unpaired) electrons. The highest BCUT2D eigenvalue weighted by atomic mass is 16.3. The number of aliphatic hydroxyl groups is 1. The number of carbonyl (C=O) groups is 1. The van der Waals surface area contributed by atoms with Crippen LogP contribution in [0.15, 0.2) is 0 Å². The highest BCUT2D eigenvalue weighted by Gasteiger charge is 2.37. The molecule has 0 aliphatic carbocycles. The number of nitrogens with two attached hydrogens (primary N) is 1. The molecule has 0 bridgehead atoms. The van der Waals surface area contributed by atoms with Crippen molar-refractivity contribution in [3.63, 3.8) is 0 Å². The van der Waals surface area contributed by atoms with E-state index in [4.69, 9.17) is 5.73 Å². The summed E-state index contributed by atoms with van der Waals surface area (Å²) in [4.78, 5) is 15.4. The van der Waals surface area contributed by atoms with Gasteiger partial charge in [-0.15, -0.1) is 5.10 Å². The summed E-state index contributed by atoms with van der Waals surface area (Å²) in [5.74, 6) is -0.433. The predicted octanol–water partition coefficient (Wildman–Crippen LogP) is -0.334. The topological polar surface area (TPSA) is 117 Å². The Balaban J connectivity index is 2.79. The minimum Gasteiger partial charge on any atom is -0.388 e. The molecule has 1 aromatic rings. The molecule has 7 nitrogen and oxygen atoms in total. The maximum atomic E-state index is 11.7. The quantitative estimate of drug-likeness (QED) is 0.564. The van der Waals surface area contributed by atoms with Gasteiger partial charge in [-0.3, -0.25) is 9.89 Å². The Morgan fingerprint density at radius 1 is 1.44 bits per heavy atom. The van der Waals surface area contributed by atoms with E-state index < -0.39 is 17.0 Å².